The van der Waals surface area contributed by atoms with Crippen molar-refractivity contribution >= 4 is 23.4 Å². The van der Waals surface area contributed by atoms with Gasteiger partial charge in [0.15, 0.2) is 0 Å². The fraction of sp³-hybridized carbons (Fsp3) is 0.417. The third kappa shape index (κ3) is 2.16. The van der Waals surface area contributed by atoms with Crippen LogP contribution in [0.15, 0.2) is 23.1 Å². The molecule has 0 saturated heterocycles. The largest absolute Gasteiger partial charge is 0.465 e. The molecule has 0 saturated carbocycles. The predicted molar refractivity (Wildman–Crippen MR) is 66.2 cm³/mol. The predicted octanol–water partition coefficient (Wildman–Crippen LogP) is 2.77. The van der Waals surface area contributed by atoms with E-state index in [9.17, 15) is 4.79 Å². The molecule has 1 aliphatic heterocycles. The number of carbonyl (C=O) groups excluding carboxylic acids is 1. The molecule has 1 aliphatic rings. The number of anilines is 1. The van der Waals surface area contributed by atoms with Gasteiger partial charge in [0, 0.05) is 21.9 Å². The molecule has 1 aromatic carbocycles. The maximum absolute atomic E-state index is 11.4. The Kier molecular flexibility index (Phi) is 2.84. The first-order valence-electron chi connectivity index (χ1n) is 5.17. The Balaban J connectivity index is 2.32. The van der Waals surface area contributed by atoms with Crippen LogP contribution >= 0.6 is 11.8 Å². The normalized spacial score (nSPS) is 17.2. The molecule has 16 heavy (non-hydrogen) atoms. The molecule has 4 heteroatoms. The molecule has 0 atom stereocenters. The van der Waals surface area contributed by atoms with Crippen LogP contribution in [-0.4, -0.2) is 24.4 Å². The highest BCUT2D eigenvalue weighted by Crippen LogP contribution is 2.41. The van der Waals surface area contributed by atoms with E-state index in [0.717, 1.165) is 12.2 Å². The molecule has 0 bridgehead atoms. The molecule has 0 spiro atoms. The highest BCUT2D eigenvalue weighted by molar-refractivity contribution is 8.00. The first-order chi connectivity index (χ1) is 7.52. The van der Waals surface area contributed by atoms with Crippen LogP contribution in [0.3, 0.4) is 0 Å². The lowest BCUT2D eigenvalue weighted by molar-refractivity contribution is 0.0600. The Morgan fingerprint density at radius 1 is 1.50 bits per heavy atom. The van der Waals surface area contributed by atoms with E-state index < -0.39 is 0 Å². The van der Waals surface area contributed by atoms with Crippen molar-refractivity contribution in [2.75, 3.05) is 19.0 Å². The molecule has 0 fully saturated rings. The van der Waals surface area contributed by atoms with Gasteiger partial charge in [-0.05, 0) is 32.0 Å². The zero-order chi connectivity index (χ0) is 11.8. The number of fused-ring (bicyclic) bond motifs is 1. The van der Waals surface area contributed by atoms with E-state index in [1.165, 1.54) is 12.0 Å². The summed E-state index contributed by atoms with van der Waals surface area (Å²) in [5.41, 5.74) is 1.61. The first kappa shape index (κ1) is 11.3. The second-order valence-corrected chi connectivity index (χ2v) is 6.17. The lowest BCUT2D eigenvalue weighted by Gasteiger charge is -2.31. The minimum Gasteiger partial charge on any atom is -0.465 e. The molecule has 0 aromatic heterocycles. The molecule has 0 unspecified atom stereocenters. The van der Waals surface area contributed by atoms with Gasteiger partial charge in [-0.25, -0.2) is 4.79 Å². The van der Waals surface area contributed by atoms with Gasteiger partial charge in [-0.1, -0.05) is 0 Å². The summed E-state index contributed by atoms with van der Waals surface area (Å²) in [6.07, 6.45) is 0. The smallest absolute Gasteiger partial charge is 0.337 e. The number of carbonyl (C=O) groups is 1. The summed E-state index contributed by atoms with van der Waals surface area (Å²) in [5, 5.41) is 3.34. The van der Waals surface area contributed by atoms with Crippen LogP contribution in [0.25, 0.3) is 0 Å². The van der Waals surface area contributed by atoms with Gasteiger partial charge in [-0.15, -0.1) is 11.8 Å². The van der Waals surface area contributed by atoms with Crippen molar-refractivity contribution in [1.82, 2.24) is 0 Å². The number of thioether (sulfide) groups is 1. The SMILES string of the molecule is COC(=O)c1ccc2c(c1)NCC(C)(C)S2. The van der Waals surface area contributed by atoms with Gasteiger partial charge in [0.1, 0.15) is 0 Å². The van der Waals surface area contributed by atoms with Crippen molar-refractivity contribution in [1.29, 1.82) is 0 Å². The van der Waals surface area contributed by atoms with E-state index in [1.54, 1.807) is 6.07 Å². The Bertz CT molecular complexity index is 429. The van der Waals surface area contributed by atoms with Crippen molar-refractivity contribution < 1.29 is 9.53 Å². The lowest BCUT2D eigenvalue weighted by Crippen LogP contribution is -2.30. The zero-order valence-electron chi connectivity index (χ0n) is 9.66. The van der Waals surface area contributed by atoms with Gasteiger partial charge in [-0.3, -0.25) is 0 Å². The average Bonchev–Trinajstić information content (AvgIpc) is 2.26. The van der Waals surface area contributed by atoms with Gasteiger partial charge < -0.3 is 10.1 Å². The standard InChI is InChI=1S/C12H15NO2S/c1-12(2)7-13-9-6-8(11(14)15-3)4-5-10(9)16-12/h4-6,13H,7H2,1-3H3. The molecule has 2 rings (SSSR count). The maximum atomic E-state index is 11.4. The summed E-state index contributed by atoms with van der Waals surface area (Å²) < 4.78 is 4.89. The fourth-order valence-electron chi connectivity index (χ4n) is 1.64. The average molecular weight is 237 g/mol. The van der Waals surface area contributed by atoms with Gasteiger partial charge in [0.25, 0.3) is 0 Å². The zero-order valence-corrected chi connectivity index (χ0v) is 10.5. The van der Waals surface area contributed by atoms with Crippen LogP contribution in [0.1, 0.15) is 24.2 Å². The summed E-state index contributed by atoms with van der Waals surface area (Å²) in [6, 6.07) is 5.63. The van der Waals surface area contributed by atoms with E-state index in [4.69, 9.17) is 4.74 Å². The molecule has 1 heterocycles. The molecule has 1 N–H and O–H groups in total. The number of ether oxygens (including phenoxy) is 1. The Hall–Kier alpha value is -1.16. The summed E-state index contributed by atoms with van der Waals surface area (Å²) in [6.45, 7) is 5.29. The number of rotatable bonds is 1. The monoisotopic (exact) mass is 237 g/mol. The quantitative estimate of drug-likeness (QED) is 0.762. The number of hydrogen-bond acceptors (Lipinski definition) is 4. The van der Waals surface area contributed by atoms with Crippen molar-refractivity contribution in [3.63, 3.8) is 0 Å². The topological polar surface area (TPSA) is 38.3 Å². The Morgan fingerprint density at radius 3 is 2.94 bits per heavy atom. The molecular weight excluding hydrogens is 222 g/mol. The summed E-state index contributed by atoms with van der Waals surface area (Å²) in [7, 11) is 1.40. The Morgan fingerprint density at radius 2 is 2.25 bits per heavy atom. The third-order valence-corrected chi connectivity index (χ3v) is 3.76. The lowest BCUT2D eigenvalue weighted by atomic mass is 10.1. The van der Waals surface area contributed by atoms with Crippen LogP contribution in [0.5, 0.6) is 0 Å². The molecule has 3 nitrogen and oxygen atoms in total. The van der Waals surface area contributed by atoms with Crippen LogP contribution in [0.2, 0.25) is 0 Å². The molecular formula is C12H15NO2S. The van der Waals surface area contributed by atoms with E-state index in [1.807, 2.05) is 23.9 Å². The minimum absolute atomic E-state index is 0.194. The van der Waals surface area contributed by atoms with Crippen molar-refractivity contribution in [3.8, 4) is 0 Å². The second-order valence-electron chi connectivity index (χ2n) is 4.42. The Labute approximate surface area is 99.6 Å². The minimum atomic E-state index is -0.292. The summed E-state index contributed by atoms with van der Waals surface area (Å²) in [4.78, 5) is 12.6. The number of benzene rings is 1. The van der Waals surface area contributed by atoms with E-state index >= 15 is 0 Å². The van der Waals surface area contributed by atoms with Crippen molar-refractivity contribution in [3.05, 3.63) is 23.8 Å². The van der Waals surface area contributed by atoms with E-state index in [2.05, 4.69) is 19.2 Å². The van der Waals surface area contributed by atoms with Gasteiger partial charge in [-0.2, -0.15) is 0 Å². The van der Waals surface area contributed by atoms with E-state index in [0.29, 0.717) is 5.56 Å². The fourth-order valence-corrected chi connectivity index (χ4v) is 2.76. The number of esters is 1. The summed E-state index contributed by atoms with van der Waals surface area (Å²) in [5.74, 6) is -0.292. The number of methoxy groups -OCH3 is 1. The van der Waals surface area contributed by atoms with Crippen LogP contribution in [0, 0.1) is 0 Å². The highest BCUT2D eigenvalue weighted by Gasteiger charge is 2.26. The van der Waals surface area contributed by atoms with Crippen LogP contribution in [0.4, 0.5) is 5.69 Å². The van der Waals surface area contributed by atoms with Crippen LogP contribution in [-0.2, 0) is 4.74 Å². The third-order valence-electron chi connectivity index (χ3n) is 2.49. The van der Waals surface area contributed by atoms with Crippen molar-refractivity contribution in [2.24, 2.45) is 0 Å². The number of hydrogen-bond donors (Lipinski definition) is 1. The van der Waals surface area contributed by atoms with Gasteiger partial charge in [0.2, 0.25) is 0 Å². The number of nitrogens with one attached hydrogen (secondary N) is 1. The first-order valence-corrected chi connectivity index (χ1v) is 5.99. The van der Waals surface area contributed by atoms with Crippen LogP contribution < -0.4 is 5.32 Å². The molecule has 86 valence electrons. The van der Waals surface area contributed by atoms with E-state index in [-0.39, 0.29) is 10.7 Å². The van der Waals surface area contributed by atoms with Crippen molar-refractivity contribution in [2.45, 2.75) is 23.5 Å². The molecule has 0 radical (unpaired) electrons. The maximum Gasteiger partial charge on any atom is 0.337 e. The van der Waals surface area contributed by atoms with Gasteiger partial charge in [0.05, 0.1) is 12.7 Å². The molecule has 0 amide bonds. The molecule has 0 aliphatic carbocycles. The molecule has 1 aromatic rings. The summed E-state index contributed by atoms with van der Waals surface area (Å²) >= 11 is 1.83. The second kappa shape index (κ2) is 4.01. The highest BCUT2D eigenvalue weighted by atomic mass is 32.2. The van der Waals surface area contributed by atoms with Gasteiger partial charge >= 0.3 is 5.97 Å².